The van der Waals surface area contributed by atoms with Crippen molar-refractivity contribution in [1.29, 1.82) is 0 Å². The Morgan fingerprint density at radius 3 is 2.71 bits per heavy atom. The summed E-state index contributed by atoms with van der Waals surface area (Å²) in [5, 5.41) is 4.33. The van der Waals surface area contributed by atoms with Gasteiger partial charge in [-0.05, 0) is 41.9 Å². The summed E-state index contributed by atoms with van der Waals surface area (Å²) in [6, 6.07) is 3.87. The maximum Gasteiger partial charge on any atom is 0.153 e. The number of carbonyl (C=O) groups excluding carboxylic acids is 1. The van der Waals surface area contributed by atoms with Crippen LogP contribution in [0.1, 0.15) is 27.4 Å². The van der Waals surface area contributed by atoms with Gasteiger partial charge in [-0.1, -0.05) is 0 Å². The monoisotopic (exact) mass is 293 g/mol. The average molecular weight is 294 g/mol. The smallest absolute Gasteiger partial charge is 0.153 e. The largest absolute Gasteiger partial charge is 0.298 e. The molecule has 0 saturated carbocycles. The lowest BCUT2D eigenvalue weighted by Crippen LogP contribution is -2.05. The van der Waals surface area contributed by atoms with Gasteiger partial charge in [0.1, 0.15) is 0 Å². The van der Waals surface area contributed by atoms with Gasteiger partial charge in [-0.3, -0.25) is 14.5 Å². The van der Waals surface area contributed by atoms with E-state index in [-0.39, 0.29) is 0 Å². The van der Waals surface area contributed by atoms with E-state index < -0.39 is 0 Å². The Kier molecular flexibility index (Phi) is 3.38. The molecule has 0 atom stereocenters. The van der Waals surface area contributed by atoms with Crippen LogP contribution in [0.15, 0.2) is 22.8 Å². The van der Waals surface area contributed by atoms with E-state index in [2.05, 4.69) is 26.0 Å². The highest BCUT2D eigenvalue weighted by atomic mass is 79.9. The van der Waals surface area contributed by atoms with E-state index in [1.165, 1.54) is 0 Å². The molecule has 0 aromatic carbocycles. The van der Waals surface area contributed by atoms with Crippen LogP contribution in [-0.4, -0.2) is 21.1 Å². The van der Waals surface area contributed by atoms with E-state index >= 15 is 0 Å². The van der Waals surface area contributed by atoms with Crippen LogP contribution in [0.3, 0.4) is 0 Å². The number of rotatable bonds is 3. The fourth-order valence-electron chi connectivity index (χ4n) is 1.69. The molecule has 0 saturated heterocycles. The van der Waals surface area contributed by atoms with Gasteiger partial charge in [0.05, 0.1) is 23.5 Å². The average Bonchev–Trinajstić information content (AvgIpc) is 2.57. The molecule has 4 nitrogen and oxygen atoms in total. The summed E-state index contributed by atoms with van der Waals surface area (Å²) >= 11 is 3.34. The van der Waals surface area contributed by atoms with Crippen molar-refractivity contribution in [2.45, 2.75) is 20.4 Å². The second-order valence-electron chi connectivity index (χ2n) is 3.83. The number of hydrogen-bond donors (Lipinski definition) is 0. The fraction of sp³-hybridized carbons (Fsp3) is 0.250. The molecule has 0 unspecified atom stereocenters. The Morgan fingerprint density at radius 1 is 1.41 bits per heavy atom. The predicted molar refractivity (Wildman–Crippen MR) is 68.1 cm³/mol. The molecule has 17 heavy (non-hydrogen) atoms. The SMILES string of the molecule is Cc1nn(Cc2ccc(Br)cn2)c(C)c1C=O. The number of carbonyl (C=O) groups is 1. The molecule has 2 heterocycles. The lowest BCUT2D eigenvalue weighted by Gasteiger charge is -2.03. The second kappa shape index (κ2) is 4.79. The van der Waals surface area contributed by atoms with E-state index in [4.69, 9.17) is 0 Å². The Balaban J connectivity index is 2.30. The zero-order valence-electron chi connectivity index (χ0n) is 9.64. The Hall–Kier alpha value is -1.49. The molecule has 0 aliphatic rings. The molecular formula is C12H12BrN3O. The summed E-state index contributed by atoms with van der Waals surface area (Å²) in [6.45, 7) is 4.30. The molecule has 2 aromatic heterocycles. The molecule has 0 bridgehead atoms. The molecule has 2 rings (SSSR count). The van der Waals surface area contributed by atoms with Crippen LogP contribution in [0.25, 0.3) is 0 Å². The van der Waals surface area contributed by atoms with Crippen LogP contribution in [-0.2, 0) is 6.54 Å². The van der Waals surface area contributed by atoms with Gasteiger partial charge in [0.2, 0.25) is 0 Å². The minimum Gasteiger partial charge on any atom is -0.298 e. The van der Waals surface area contributed by atoms with Crippen molar-refractivity contribution < 1.29 is 4.79 Å². The molecule has 0 N–H and O–H groups in total. The van der Waals surface area contributed by atoms with Crippen molar-refractivity contribution in [3.05, 3.63) is 45.4 Å². The first-order valence-electron chi connectivity index (χ1n) is 5.21. The van der Waals surface area contributed by atoms with Crippen molar-refractivity contribution in [3.8, 4) is 0 Å². The van der Waals surface area contributed by atoms with Crippen LogP contribution in [0.4, 0.5) is 0 Å². The summed E-state index contributed by atoms with van der Waals surface area (Å²) < 4.78 is 2.75. The number of halogens is 1. The maximum absolute atomic E-state index is 10.9. The summed E-state index contributed by atoms with van der Waals surface area (Å²) in [5.41, 5.74) is 3.22. The fourth-order valence-corrected chi connectivity index (χ4v) is 1.92. The van der Waals surface area contributed by atoms with E-state index in [9.17, 15) is 4.79 Å². The molecule has 88 valence electrons. The van der Waals surface area contributed by atoms with Gasteiger partial charge < -0.3 is 0 Å². The molecule has 0 amide bonds. The van der Waals surface area contributed by atoms with Crippen LogP contribution < -0.4 is 0 Å². The number of aryl methyl sites for hydroxylation is 1. The highest BCUT2D eigenvalue weighted by molar-refractivity contribution is 9.10. The predicted octanol–water partition coefficient (Wildman–Crippen LogP) is 2.52. The number of aromatic nitrogens is 3. The van der Waals surface area contributed by atoms with Gasteiger partial charge in [0.25, 0.3) is 0 Å². The first kappa shape index (κ1) is 12.0. The first-order chi connectivity index (χ1) is 8.11. The van der Waals surface area contributed by atoms with Crippen LogP contribution in [0, 0.1) is 13.8 Å². The van der Waals surface area contributed by atoms with Crippen molar-refractivity contribution in [3.63, 3.8) is 0 Å². The summed E-state index contributed by atoms with van der Waals surface area (Å²) in [5.74, 6) is 0. The van der Waals surface area contributed by atoms with Crippen molar-refractivity contribution in [2.75, 3.05) is 0 Å². The lowest BCUT2D eigenvalue weighted by atomic mass is 10.2. The lowest BCUT2D eigenvalue weighted by molar-refractivity contribution is 0.112. The van der Waals surface area contributed by atoms with E-state index in [1.807, 2.05) is 26.0 Å². The zero-order valence-corrected chi connectivity index (χ0v) is 11.2. The van der Waals surface area contributed by atoms with Gasteiger partial charge >= 0.3 is 0 Å². The molecule has 0 spiro atoms. The molecule has 2 aromatic rings. The Morgan fingerprint density at radius 2 is 2.18 bits per heavy atom. The number of aldehydes is 1. The van der Waals surface area contributed by atoms with Crippen molar-refractivity contribution >= 4 is 22.2 Å². The minimum absolute atomic E-state index is 0.577. The van der Waals surface area contributed by atoms with Crippen LogP contribution >= 0.6 is 15.9 Å². The third kappa shape index (κ3) is 2.44. The number of nitrogens with zero attached hydrogens (tertiary/aromatic N) is 3. The van der Waals surface area contributed by atoms with E-state index in [0.717, 1.165) is 27.8 Å². The van der Waals surface area contributed by atoms with Crippen LogP contribution in [0.5, 0.6) is 0 Å². The van der Waals surface area contributed by atoms with Crippen LogP contribution in [0.2, 0.25) is 0 Å². The maximum atomic E-state index is 10.9. The van der Waals surface area contributed by atoms with Gasteiger partial charge in [-0.2, -0.15) is 5.10 Å². The Labute approximate surface area is 108 Å². The number of hydrogen-bond acceptors (Lipinski definition) is 3. The van der Waals surface area contributed by atoms with Crippen molar-refractivity contribution in [2.24, 2.45) is 0 Å². The van der Waals surface area contributed by atoms with Gasteiger partial charge in [-0.15, -0.1) is 0 Å². The summed E-state index contributed by atoms with van der Waals surface area (Å²) in [4.78, 5) is 15.2. The molecule has 0 aliphatic heterocycles. The summed E-state index contributed by atoms with van der Waals surface area (Å²) in [7, 11) is 0. The molecule has 5 heteroatoms. The highest BCUT2D eigenvalue weighted by Crippen LogP contribution is 2.13. The first-order valence-corrected chi connectivity index (χ1v) is 6.00. The van der Waals surface area contributed by atoms with E-state index in [0.29, 0.717) is 12.1 Å². The third-order valence-corrected chi connectivity index (χ3v) is 3.12. The quantitative estimate of drug-likeness (QED) is 0.817. The minimum atomic E-state index is 0.577. The van der Waals surface area contributed by atoms with Gasteiger partial charge in [0.15, 0.2) is 6.29 Å². The molecule has 0 aliphatic carbocycles. The van der Waals surface area contributed by atoms with E-state index in [1.54, 1.807) is 10.9 Å². The Bertz CT molecular complexity index is 546. The summed E-state index contributed by atoms with van der Waals surface area (Å²) in [6.07, 6.45) is 2.60. The second-order valence-corrected chi connectivity index (χ2v) is 4.74. The zero-order chi connectivity index (χ0) is 12.4. The highest BCUT2D eigenvalue weighted by Gasteiger charge is 2.10. The van der Waals surface area contributed by atoms with Crippen molar-refractivity contribution in [1.82, 2.24) is 14.8 Å². The standard InChI is InChI=1S/C12H12BrN3O/c1-8-12(7-17)9(2)16(15-8)6-11-4-3-10(13)5-14-11/h3-5,7H,6H2,1-2H3. The third-order valence-electron chi connectivity index (χ3n) is 2.66. The molecule has 0 radical (unpaired) electrons. The van der Waals surface area contributed by atoms with Gasteiger partial charge in [0, 0.05) is 16.4 Å². The normalized spacial score (nSPS) is 10.5. The molecule has 0 fully saturated rings. The molecular weight excluding hydrogens is 282 g/mol. The topological polar surface area (TPSA) is 47.8 Å². The van der Waals surface area contributed by atoms with Gasteiger partial charge in [-0.25, -0.2) is 0 Å². The number of pyridine rings is 1.